The Morgan fingerprint density at radius 1 is 1.18 bits per heavy atom. The lowest BCUT2D eigenvalue weighted by atomic mass is 10.0. The SMILES string of the molecule is COc1ccccc1C(=O)Nc1nc2cc(C3=NN(C(C)=O)C(c4cccs4)C3)ccc2o1. The van der Waals surface area contributed by atoms with Crippen molar-refractivity contribution in [1.29, 1.82) is 0 Å². The van der Waals surface area contributed by atoms with Crippen LogP contribution in [-0.4, -0.2) is 34.6 Å². The molecule has 5 rings (SSSR count). The number of thiophene rings is 1. The Labute approximate surface area is 193 Å². The van der Waals surface area contributed by atoms with Crippen molar-refractivity contribution in [3.05, 3.63) is 76.0 Å². The Balaban J connectivity index is 1.40. The number of nitrogens with zero attached hydrogens (tertiary/aromatic N) is 3. The van der Waals surface area contributed by atoms with Crippen LogP contribution in [0.2, 0.25) is 0 Å². The Hall–Kier alpha value is -3.98. The minimum absolute atomic E-state index is 0.0910. The van der Waals surface area contributed by atoms with Crippen LogP contribution in [0.1, 0.15) is 40.2 Å². The lowest BCUT2D eigenvalue weighted by Crippen LogP contribution is -2.23. The zero-order valence-electron chi connectivity index (χ0n) is 17.9. The van der Waals surface area contributed by atoms with Crippen LogP contribution < -0.4 is 10.1 Å². The molecule has 0 saturated carbocycles. The van der Waals surface area contributed by atoms with Crippen molar-refractivity contribution in [3.63, 3.8) is 0 Å². The molecular weight excluding hydrogens is 440 g/mol. The van der Waals surface area contributed by atoms with Crippen LogP contribution in [-0.2, 0) is 4.79 Å². The third-order valence-electron chi connectivity index (χ3n) is 5.40. The fourth-order valence-corrected chi connectivity index (χ4v) is 4.65. The van der Waals surface area contributed by atoms with Crippen molar-refractivity contribution in [1.82, 2.24) is 9.99 Å². The average Bonchev–Trinajstić information content (AvgIpc) is 3.57. The summed E-state index contributed by atoms with van der Waals surface area (Å²) in [6, 6.07) is 16.4. The number of carbonyl (C=O) groups is 2. The highest BCUT2D eigenvalue weighted by Gasteiger charge is 2.32. The van der Waals surface area contributed by atoms with Gasteiger partial charge in [0.1, 0.15) is 11.3 Å². The Morgan fingerprint density at radius 3 is 2.79 bits per heavy atom. The number of benzene rings is 2. The minimum Gasteiger partial charge on any atom is -0.496 e. The molecule has 3 heterocycles. The summed E-state index contributed by atoms with van der Waals surface area (Å²) < 4.78 is 10.9. The molecule has 9 heteroatoms. The van der Waals surface area contributed by atoms with Crippen molar-refractivity contribution < 1.29 is 18.7 Å². The Morgan fingerprint density at radius 2 is 2.03 bits per heavy atom. The van der Waals surface area contributed by atoms with Gasteiger partial charge < -0.3 is 9.15 Å². The molecule has 166 valence electrons. The molecule has 2 amide bonds. The van der Waals surface area contributed by atoms with E-state index in [1.807, 2.05) is 29.6 Å². The number of oxazole rings is 1. The highest BCUT2D eigenvalue weighted by atomic mass is 32.1. The van der Waals surface area contributed by atoms with Crippen LogP contribution in [0.3, 0.4) is 0 Å². The van der Waals surface area contributed by atoms with Crippen LogP contribution >= 0.6 is 11.3 Å². The molecule has 1 unspecified atom stereocenters. The monoisotopic (exact) mass is 460 g/mol. The van der Waals surface area contributed by atoms with E-state index in [9.17, 15) is 9.59 Å². The number of fused-ring (bicyclic) bond motifs is 1. The second-order valence-electron chi connectivity index (χ2n) is 7.50. The zero-order chi connectivity index (χ0) is 22.9. The van der Waals surface area contributed by atoms with Gasteiger partial charge >= 0.3 is 6.01 Å². The molecule has 8 nitrogen and oxygen atoms in total. The van der Waals surface area contributed by atoms with Gasteiger partial charge in [0.05, 0.1) is 24.4 Å². The molecule has 0 fully saturated rings. The van der Waals surface area contributed by atoms with Crippen LogP contribution in [0.5, 0.6) is 5.75 Å². The fraction of sp³-hybridized carbons (Fsp3) is 0.167. The average molecular weight is 461 g/mol. The summed E-state index contributed by atoms with van der Waals surface area (Å²) in [6.45, 7) is 1.52. The number of amides is 2. The minimum atomic E-state index is -0.379. The summed E-state index contributed by atoms with van der Waals surface area (Å²) in [4.78, 5) is 30.3. The quantitative estimate of drug-likeness (QED) is 0.459. The van der Waals surface area contributed by atoms with E-state index in [4.69, 9.17) is 9.15 Å². The van der Waals surface area contributed by atoms with Crippen LogP contribution in [0.25, 0.3) is 11.1 Å². The Kier molecular flexibility index (Phi) is 5.39. The van der Waals surface area contributed by atoms with Gasteiger partial charge in [0, 0.05) is 23.8 Å². The molecule has 4 aromatic rings. The number of hydrogen-bond donors (Lipinski definition) is 1. The summed E-state index contributed by atoms with van der Waals surface area (Å²) in [7, 11) is 1.51. The number of para-hydroxylation sites is 1. The van der Waals surface area contributed by atoms with Crippen molar-refractivity contribution in [3.8, 4) is 5.75 Å². The highest BCUT2D eigenvalue weighted by molar-refractivity contribution is 7.10. The molecule has 1 N–H and O–H groups in total. The van der Waals surface area contributed by atoms with Gasteiger partial charge in [0.25, 0.3) is 5.91 Å². The van der Waals surface area contributed by atoms with Crippen LogP contribution in [0.4, 0.5) is 6.01 Å². The molecule has 1 atom stereocenters. The predicted molar refractivity (Wildman–Crippen MR) is 126 cm³/mol. The maximum atomic E-state index is 12.6. The number of methoxy groups -OCH3 is 1. The number of aromatic nitrogens is 1. The first kappa shape index (κ1) is 20.9. The number of rotatable bonds is 5. The van der Waals surface area contributed by atoms with E-state index in [0.29, 0.717) is 28.8 Å². The molecule has 33 heavy (non-hydrogen) atoms. The third kappa shape index (κ3) is 3.98. The smallest absolute Gasteiger partial charge is 0.302 e. The summed E-state index contributed by atoms with van der Waals surface area (Å²) >= 11 is 1.61. The first-order chi connectivity index (χ1) is 16.0. The number of carbonyl (C=O) groups excluding carboxylic acids is 2. The van der Waals surface area contributed by atoms with Crippen molar-refractivity contribution in [2.75, 3.05) is 12.4 Å². The normalized spacial score (nSPS) is 15.5. The Bertz CT molecular complexity index is 1380. The van der Waals surface area contributed by atoms with E-state index in [1.54, 1.807) is 41.7 Å². The predicted octanol–water partition coefficient (Wildman–Crippen LogP) is 4.85. The van der Waals surface area contributed by atoms with E-state index in [-0.39, 0.29) is 23.9 Å². The second-order valence-corrected chi connectivity index (χ2v) is 8.48. The van der Waals surface area contributed by atoms with Gasteiger partial charge in [-0.1, -0.05) is 18.2 Å². The summed E-state index contributed by atoms with van der Waals surface area (Å²) in [6.07, 6.45) is 0.612. The lowest BCUT2D eigenvalue weighted by molar-refractivity contribution is -0.130. The molecule has 0 aliphatic carbocycles. The van der Waals surface area contributed by atoms with Crippen molar-refractivity contribution in [2.24, 2.45) is 5.10 Å². The van der Waals surface area contributed by atoms with Gasteiger partial charge in [0.2, 0.25) is 5.91 Å². The molecule has 2 aromatic heterocycles. The van der Waals surface area contributed by atoms with E-state index in [1.165, 1.54) is 19.0 Å². The van der Waals surface area contributed by atoms with E-state index >= 15 is 0 Å². The number of anilines is 1. The molecule has 1 aliphatic rings. The van der Waals surface area contributed by atoms with E-state index in [2.05, 4.69) is 15.4 Å². The number of nitrogens with one attached hydrogen (secondary N) is 1. The maximum absolute atomic E-state index is 12.6. The zero-order valence-corrected chi connectivity index (χ0v) is 18.8. The van der Waals surface area contributed by atoms with Gasteiger partial charge in [-0.15, -0.1) is 11.3 Å². The highest BCUT2D eigenvalue weighted by Crippen LogP contribution is 2.35. The molecule has 1 aliphatic heterocycles. The van der Waals surface area contributed by atoms with Gasteiger partial charge in [-0.05, 0) is 41.8 Å². The lowest BCUT2D eigenvalue weighted by Gasteiger charge is -2.18. The summed E-state index contributed by atoms with van der Waals surface area (Å²) in [5.74, 6) is -0.0227. The third-order valence-corrected chi connectivity index (χ3v) is 6.37. The van der Waals surface area contributed by atoms with Gasteiger partial charge in [-0.2, -0.15) is 10.1 Å². The maximum Gasteiger partial charge on any atom is 0.302 e. The van der Waals surface area contributed by atoms with E-state index < -0.39 is 0 Å². The standard InChI is InChI=1S/C24H20N4O4S/c1-14(29)28-19(22-8-5-11-33-22)13-17(27-28)15-9-10-21-18(12-15)25-24(32-21)26-23(30)16-6-3-4-7-20(16)31-2/h3-12,19H,13H2,1-2H3,(H,25,26,30). The summed E-state index contributed by atoms with van der Waals surface area (Å²) in [5.41, 5.74) is 3.15. The number of ether oxygens (including phenoxy) is 1. The summed E-state index contributed by atoms with van der Waals surface area (Å²) in [5, 5.41) is 10.8. The fourth-order valence-electron chi connectivity index (χ4n) is 3.83. The van der Waals surface area contributed by atoms with Crippen molar-refractivity contribution in [2.45, 2.75) is 19.4 Å². The number of hydrogen-bond acceptors (Lipinski definition) is 7. The molecule has 0 saturated heterocycles. The first-order valence-electron chi connectivity index (χ1n) is 10.3. The number of hydrazone groups is 1. The van der Waals surface area contributed by atoms with Gasteiger partial charge in [-0.25, -0.2) is 5.01 Å². The van der Waals surface area contributed by atoms with Crippen LogP contribution in [0, 0.1) is 0 Å². The van der Waals surface area contributed by atoms with E-state index in [0.717, 1.165) is 16.2 Å². The van der Waals surface area contributed by atoms with Gasteiger partial charge in [-0.3, -0.25) is 14.9 Å². The topological polar surface area (TPSA) is 97.0 Å². The van der Waals surface area contributed by atoms with Crippen LogP contribution in [0.15, 0.2) is 69.5 Å². The van der Waals surface area contributed by atoms with Crippen molar-refractivity contribution >= 4 is 46.0 Å². The second kappa shape index (κ2) is 8.51. The first-order valence-corrected chi connectivity index (χ1v) is 11.2. The molecule has 2 aromatic carbocycles. The molecular formula is C24H20N4O4S. The molecule has 0 radical (unpaired) electrons. The largest absolute Gasteiger partial charge is 0.496 e. The molecule has 0 bridgehead atoms. The molecule has 0 spiro atoms. The van der Waals surface area contributed by atoms with Gasteiger partial charge in [0.15, 0.2) is 5.58 Å².